The summed E-state index contributed by atoms with van der Waals surface area (Å²) in [6, 6.07) is 11.4. The van der Waals surface area contributed by atoms with Gasteiger partial charge >= 0.3 is 12.0 Å². The van der Waals surface area contributed by atoms with Crippen molar-refractivity contribution in [2.24, 2.45) is 0 Å². The third kappa shape index (κ3) is 4.60. The molecular weight excluding hydrogens is 376 g/mol. The maximum atomic E-state index is 12.1. The molecule has 0 heterocycles. The van der Waals surface area contributed by atoms with Crippen molar-refractivity contribution in [3.8, 4) is 5.75 Å². The second-order valence-electron chi connectivity index (χ2n) is 4.66. The number of carbonyl (C=O) groups excluding carboxylic acids is 2. The fraction of sp³-hybridized carbons (Fsp3) is 0.0588. The highest BCUT2D eigenvalue weighted by molar-refractivity contribution is 9.10. The van der Waals surface area contributed by atoms with E-state index in [1.54, 1.807) is 36.4 Å². The molecule has 124 valence electrons. The number of esters is 1. The standard InChI is InChI=1S/C17H15BrN2O4/c1-24-15(21)10-9-11-5-4-8-14(16(11)22)20-17(23)19-13-7-3-2-6-12(13)18/h2-10,22H,1H3,(H2,19,20,23). The van der Waals surface area contributed by atoms with Gasteiger partial charge in [-0.2, -0.15) is 0 Å². The number of carbonyl (C=O) groups is 2. The molecule has 0 aliphatic rings. The van der Waals surface area contributed by atoms with E-state index in [0.717, 1.165) is 4.47 Å². The molecule has 2 aromatic rings. The van der Waals surface area contributed by atoms with Crippen LogP contribution in [0.4, 0.5) is 16.2 Å². The first-order chi connectivity index (χ1) is 11.5. The molecule has 0 unspecified atom stereocenters. The van der Waals surface area contributed by atoms with Gasteiger partial charge in [-0.15, -0.1) is 0 Å². The summed E-state index contributed by atoms with van der Waals surface area (Å²) in [5.74, 6) is -0.695. The molecule has 0 aromatic heterocycles. The molecule has 24 heavy (non-hydrogen) atoms. The van der Waals surface area contributed by atoms with Gasteiger partial charge in [0.25, 0.3) is 0 Å². The first-order valence-corrected chi connectivity index (χ1v) is 7.71. The van der Waals surface area contributed by atoms with E-state index < -0.39 is 12.0 Å². The van der Waals surface area contributed by atoms with Crippen LogP contribution in [0.25, 0.3) is 6.08 Å². The molecule has 0 aliphatic carbocycles. The van der Waals surface area contributed by atoms with Crippen LogP contribution < -0.4 is 10.6 Å². The first-order valence-electron chi connectivity index (χ1n) is 6.92. The molecule has 2 amide bonds. The van der Waals surface area contributed by atoms with E-state index in [9.17, 15) is 14.7 Å². The number of urea groups is 1. The van der Waals surface area contributed by atoms with Gasteiger partial charge in [0.1, 0.15) is 5.75 Å². The molecule has 0 saturated heterocycles. The normalized spacial score (nSPS) is 10.4. The molecule has 3 N–H and O–H groups in total. The fourth-order valence-corrected chi connectivity index (χ4v) is 2.24. The first kappa shape index (κ1) is 17.6. The number of phenols is 1. The van der Waals surface area contributed by atoms with Crippen LogP contribution in [0.1, 0.15) is 5.56 Å². The number of nitrogens with one attached hydrogen (secondary N) is 2. The lowest BCUT2D eigenvalue weighted by Gasteiger charge is -2.11. The van der Waals surface area contributed by atoms with Crippen LogP contribution in [0.5, 0.6) is 5.75 Å². The Bertz CT molecular complexity index is 790. The van der Waals surface area contributed by atoms with Gasteiger partial charge in [0.05, 0.1) is 18.5 Å². The number of hydrogen-bond donors (Lipinski definition) is 3. The van der Waals surface area contributed by atoms with Crippen LogP contribution in [0.15, 0.2) is 53.0 Å². The number of aromatic hydroxyl groups is 1. The topological polar surface area (TPSA) is 87.7 Å². The Hall–Kier alpha value is -2.80. The van der Waals surface area contributed by atoms with Crippen molar-refractivity contribution in [1.29, 1.82) is 0 Å². The maximum absolute atomic E-state index is 12.1. The average Bonchev–Trinajstić information content (AvgIpc) is 2.57. The zero-order valence-corrected chi connectivity index (χ0v) is 14.3. The van der Waals surface area contributed by atoms with Crippen molar-refractivity contribution < 1.29 is 19.4 Å². The second-order valence-corrected chi connectivity index (χ2v) is 5.51. The number of benzene rings is 2. The van der Waals surface area contributed by atoms with Gasteiger partial charge in [0.15, 0.2) is 0 Å². The molecule has 6 nitrogen and oxygen atoms in total. The van der Waals surface area contributed by atoms with E-state index in [2.05, 4.69) is 31.3 Å². The van der Waals surface area contributed by atoms with Crippen LogP contribution in [-0.2, 0) is 9.53 Å². The van der Waals surface area contributed by atoms with Crippen LogP contribution in [-0.4, -0.2) is 24.2 Å². The Morgan fingerprint density at radius 2 is 1.75 bits per heavy atom. The number of rotatable bonds is 4. The third-order valence-corrected chi connectivity index (χ3v) is 3.73. The summed E-state index contributed by atoms with van der Waals surface area (Å²) < 4.78 is 5.23. The van der Waals surface area contributed by atoms with Gasteiger partial charge in [-0.3, -0.25) is 0 Å². The highest BCUT2D eigenvalue weighted by Gasteiger charge is 2.10. The quantitative estimate of drug-likeness (QED) is 0.418. The monoisotopic (exact) mass is 390 g/mol. The number of methoxy groups -OCH3 is 1. The van der Waals surface area contributed by atoms with E-state index in [1.807, 2.05) is 6.07 Å². The number of para-hydroxylation sites is 2. The third-order valence-electron chi connectivity index (χ3n) is 3.04. The minimum absolute atomic E-state index is 0.153. The van der Waals surface area contributed by atoms with E-state index in [4.69, 9.17) is 0 Å². The largest absolute Gasteiger partial charge is 0.505 e. The summed E-state index contributed by atoms with van der Waals surface area (Å²) in [4.78, 5) is 23.2. The number of ether oxygens (including phenoxy) is 1. The molecule has 7 heteroatoms. The molecule has 0 aliphatic heterocycles. The highest BCUT2D eigenvalue weighted by atomic mass is 79.9. The van der Waals surface area contributed by atoms with E-state index in [0.29, 0.717) is 11.3 Å². The molecule has 0 bridgehead atoms. The van der Waals surface area contributed by atoms with Crippen LogP contribution in [0.2, 0.25) is 0 Å². The number of hydrogen-bond acceptors (Lipinski definition) is 4. The molecule has 0 spiro atoms. The van der Waals surface area contributed by atoms with Crippen molar-refractivity contribution in [3.63, 3.8) is 0 Å². The van der Waals surface area contributed by atoms with Gasteiger partial charge in [-0.1, -0.05) is 24.3 Å². The van der Waals surface area contributed by atoms with E-state index >= 15 is 0 Å². The van der Waals surface area contributed by atoms with Crippen LogP contribution in [0.3, 0.4) is 0 Å². The molecule has 2 aromatic carbocycles. The van der Waals surface area contributed by atoms with Gasteiger partial charge in [-0.25, -0.2) is 9.59 Å². The SMILES string of the molecule is COC(=O)C=Cc1cccc(NC(=O)Nc2ccccc2Br)c1O. The van der Waals surface area contributed by atoms with Gasteiger partial charge in [0.2, 0.25) is 0 Å². The molecule has 0 saturated carbocycles. The Morgan fingerprint density at radius 1 is 1.08 bits per heavy atom. The minimum Gasteiger partial charge on any atom is -0.505 e. The number of phenolic OH excluding ortho intramolecular Hbond substituents is 1. The zero-order chi connectivity index (χ0) is 17.5. The Kier molecular flexibility index (Phi) is 5.97. The maximum Gasteiger partial charge on any atom is 0.330 e. The zero-order valence-electron chi connectivity index (χ0n) is 12.7. The van der Waals surface area contributed by atoms with Gasteiger partial charge in [0, 0.05) is 16.1 Å². The molecule has 0 fully saturated rings. The average molecular weight is 391 g/mol. The lowest BCUT2D eigenvalue weighted by molar-refractivity contribution is -0.134. The molecular formula is C17H15BrN2O4. The summed E-state index contributed by atoms with van der Waals surface area (Å²) in [5, 5.41) is 15.4. The fourth-order valence-electron chi connectivity index (χ4n) is 1.86. The van der Waals surface area contributed by atoms with E-state index in [1.165, 1.54) is 19.3 Å². The summed E-state index contributed by atoms with van der Waals surface area (Å²) >= 11 is 3.33. The van der Waals surface area contributed by atoms with Crippen molar-refractivity contribution in [2.75, 3.05) is 17.7 Å². The van der Waals surface area contributed by atoms with Crippen molar-refractivity contribution in [1.82, 2.24) is 0 Å². The number of amides is 2. The van der Waals surface area contributed by atoms with Crippen LogP contribution >= 0.6 is 15.9 Å². The number of anilines is 2. The second kappa shape index (κ2) is 8.16. The summed E-state index contributed by atoms with van der Waals surface area (Å²) in [5.41, 5.74) is 1.18. The van der Waals surface area contributed by atoms with E-state index in [-0.39, 0.29) is 11.4 Å². The van der Waals surface area contributed by atoms with Crippen molar-refractivity contribution in [3.05, 3.63) is 58.6 Å². The Labute approximate surface area is 147 Å². The summed E-state index contributed by atoms with van der Waals surface area (Å²) in [6.45, 7) is 0. The smallest absolute Gasteiger partial charge is 0.330 e. The lowest BCUT2D eigenvalue weighted by Crippen LogP contribution is -2.19. The molecule has 0 radical (unpaired) electrons. The van der Waals surface area contributed by atoms with Gasteiger partial charge < -0.3 is 20.5 Å². The highest BCUT2D eigenvalue weighted by Crippen LogP contribution is 2.29. The minimum atomic E-state index is -0.542. The van der Waals surface area contributed by atoms with Crippen LogP contribution in [0, 0.1) is 0 Å². The Balaban J connectivity index is 2.12. The summed E-state index contributed by atoms with van der Waals surface area (Å²) in [7, 11) is 1.26. The predicted molar refractivity (Wildman–Crippen MR) is 95.9 cm³/mol. The Morgan fingerprint density at radius 3 is 2.46 bits per heavy atom. The predicted octanol–water partition coefficient (Wildman–Crippen LogP) is 3.98. The van der Waals surface area contributed by atoms with Gasteiger partial charge in [-0.05, 0) is 40.2 Å². The van der Waals surface area contributed by atoms with Crippen molar-refractivity contribution in [2.45, 2.75) is 0 Å². The van der Waals surface area contributed by atoms with Crippen molar-refractivity contribution >= 4 is 45.4 Å². The molecule has 2 rings (SSSR count). The molecule has 0 atom stereocenters. The lowest BCUT2D eigenvalue weighted by atomic mass is 10.1. The summed E-state index contributed by atoms with van der Waals surface area (Å²) in [6.07, 6.45) is 2.58. The number of halogens is 1.